The monoisotopic (exact) mass is 316 g/mol. The minimum atomic E-state index is -0.394. The van der Waals surface area contributed by atoms with Crippen LogP contribution < -0.4 is 0 Å². The summed E-state index contributed by atoms with van der Waals surface area (Å²) in [5.74, 6) is 1.61. The van der Waals surface area contributed by atoms with Crippen LogP contribution in [0.4, 0.5) is 0 Å². The summed E-state index contributed by atoms with van der Waals surface area (Å²) in [4.78, 5) is 14.2. The second kappa shape index (κ2) is 5.48. The Morgan fingerprint density at radius 1 is 1.26 bits per heavy atom. The summed E-state index contributed by atoms with van der Waals surface area (Å²) in [6.45, 7) is 0.756. The van der Waals surface area contributed by atoms with Crippen molar-refractivity contribution in [1.29, 1.82) is 5.26 Å². The zero-order valence-corrected chi connectivity index (χ0v) is 14.0. The largest absolute Gasteiger partial charge is 0.390 e. The Balaban J connectivity index is 1.33. The van der Waals surface area contributed by atoms with Crippen LogP contribution in [0, 0.1) is 28.6 Å². The van der Waals surface area contributed by atoms with Gasteiger partial charge in [0.25, 0.3) is 0 Å². The van der Waals surface area contributed by atoms with Crippen LogP contribution in [0.25, 0.3) is 0 Å². The average molecular weight is 316 g/mol. The smallest absolute Gasteiger partial charge is 0.223 e. The van der Waals surface area contributed by atoms with Crippen LogP contribution in [0.15, 0.2) is 0 Å². The lowest BCUT2D eigenvalue weighted by Crippen LogP contribution is -2.55. The van der Waals surface area contributed by atoms with E-state index in [0.717, 1.165) is 63.3 Å². The summed E-state index contributed by atoms with van der Waals surface area (Å²) in [6, 6.07) is 2.06. The minimum absolute atomic E-state index is 0.164. The van der Waals surface area contributed by atoms with E-state index in [2.05, 4.69) is 6.07 Å². The molecule has 0 spiro atoms. The van der Waals surface area contributed by atoms with Gasteiger partial charge in [0, 0.05) is 13.0 Å². The Morgan fingerprint density at radius 3 is 2.65 bits per heavy atom. The van der Waals surface area contributed by atoms with Crippen LogP contribution in [0.3, 0.4) is 0 Å². The molecule has 0 aromatic heterocycles. The van der Waals surface area contributed by atoms with Crippen LogP contribution in [-0.4, -0.2) is 34.1 Å². The topological polar surface area (TPSA) is 64.3 Å². The lowest BCUT2D eigenvalue weighted by atomic mass is 9.47. The maximum Gasteiger partial charge on any atom is 0.223 e. The van der Waals surface area contributed by atoms with E-state index in [1.807, 2.05) is 0 Å². The fourth-order valence-electron chi connectivity index (χ4n) is 6.65. The summed E-state index contributed by atoms with van der Waals surface area (Å²) in [7, 11) is 0. The van der Waals surface area contributed by atoms with Crippen LogP contribution in [0.5, 0.6) is 0 Å². The number of carbonyl (C=O) groups excluding carboxylic acids is 1. The van der Waals surface area contributed by atoms with Crippen molar-refractivity contribution >= 4 is 5.91 Å². The van der Waals surface area contributed by atoms with Gasteiger partial charge in [0.2, 0.25) is 5.91 Å². The highest BCUT2D eigenvalue weighted by atomic mass is 16.3. The van der Waals surface area contributed by atoms with Gasteiger partial charge in [-0.05, 0) is 81.5 Å². The first-order valence-corrected chi connectivity index (χ1v) is 9.42. The number of aliphatic hydroxyl groups is 1. The number of hydrogen-bond donors (Lipinski definition) is 1. The van der Waals surface area contributed by atoms with Crippen molar-refractivity contribution in [2.45, 2.75) is 82.3 Å². The molecular formula is C19H28N2O2. The standard InChI is InChI=1S/C19H28N2O2/c20-12-16-3-2-6-21(16)17(22)4-1-5-18-8-14-7-15(9-18)11-19(23,10-14)13-18/h14-16,23H,1-11,13H2/t14?,15?,16-,18?,19?/m0/s1. The van der Waals surface area contributed by atoms with Gasteiger partial charge in [0.15, 0.2) is 0 Å². The zero-order chi connectivity index (χ0) is 16.1. The van der Waals surface area contributed by atoms with E-state index in [-0.39, 0.29) is 11.9 Å². The summed E-state index contributed by atoms with van der Waals surface area (Å²) in [5.41, 5.74) is -0.0896. The Labute approximate surface area is 138 Å². The molecule has 4 heteroatoms. The van der Waals surface area contributed by atoms with Crippen molar-refractivity contribution < 1.29 is 9.90 Å². The highest BCUT2D eigenvalue weighted by Crippen LogP contribution is 2.63. The van der Waals surface area contributed by atoms with Crippen LogP contribution >= 0.6 is 0 Å². The molecule has 0 aromatic carbocycles. The predicted molar refractivity (Wildman–Crippen MR) is 86.3 cm³/mol. The summed E-state index contributed by atoms with van der Waals surface area (Å²) in [5, 5.41) is 19.9. The highest BCUT2D eigenvalue weighted by Gasteiger charge is 2.56. The maximum atomic E-state index is 12.4. The number of nitrogens with zero attached hydrogens (tertiary/aromatic N) is 2. The molecule has 1 aliphatic heterocycles. The molecule has 1 amide bonds. The van der Waals surface area contributed by atoms with Crippen molar-refractivity contribution in [2.24, 2.45) is 17.3 Å². The lowest BCUT2D eigenvalue weighted by molar-refractivity contribution is -0.166. The third kappa shape index (κ3) is 2.78. The van der Waals surface area contributed by atoms with Gasteiger partial charge < -0.3 is 10.0 Å². The molecule has 4 saturated carbocycles. The molecular weight excluding hydrogens is 288 g/mol. The van der Waals surface area contributed by atoms with E-state index in [4.69, 9.17) is 5.26 Å². The molecule has 1 N–H and O–H groups in total. The SMILES string of the molecule is N#C[C@@H]1CCCN1C(=O)CCCC12CC3CC(CC(O)(C3)C1)C2. The molecule has 3 atom stereocenters. The molecule has 4 aliphatic carbocycles. The van der Waals surface area contributed by atoms with Gasteiger partial charge in [0.05, 0.1) is 11.7 Å². The number of rotatable bonds is 4. The molecule has 4 bridgehead atoms. The van der Waals surface area contributed by atoms with Crippen molar-refractivity contribution in [3.8, 4) is 6.07 Å². The lowest BCUT2D eigenvalue weighted by Gasteiger charge is -2.60. The normalized spacial score (nSPS) is 44.5. The average Bonchev–Trinajstić information content (AvgIpc) is 2.92. The zero-order valence-electron chi connectivity index (χ0n) is 14.0. The van der Waals surface area contributed by atoms with Gasteiger partial charge in [-0.1, -0.05) is 0 Å². The van der Waals surface area contributed by atoms with Gasteiger partial charge in [-0.3, -0.25) is 4.79 Å². The molecule has 1 saturated heterocycles. The molecule has 2 unspecified atom stereocenters. The number of amides is 1. The van der Waals surface area contributed by atoms with E-state index >= 15 is 0 Å². The fourth-order valence-corrected chi connectivity index (χ4v) is 6.65. The third-order valence-corrected chi connectivity index (χ3v) is 6.97. The van der Waals surface area contributed by atoms with Crippen LogP contribution in [0.1, 0.15) is 70.6 Å². The third-order valence-electron chi connectivity index (χ3n) is 6.97. The van der Waals surface area contributed by atoms with Crippen molar-refractivity contribution in [3.63, 3.8) is 0 Å². The Kier molecular flexibility index (Phi) is 3.68. The Bertz CT molecular complexity index is 524. The number of nitriles is 1. The predicted octanol–water partition coefficient (Wildman–Crippen LogP) is 3.00. The van der Waals surface area contributed by atoms with E-state index in [9.17, 15) is 9.90 Å². The number of likely N-dealkylation sites (tertiary alicyclic amines) is 1. The molecule has 1 heterocycles. The summed E-state index contributed by atoms with van der Waals surface area (Å²) in [6.07, 6.45) is 11.2. The molecule has 0 radical (unpaired) electrons. The quantitative estimate of drug-likeness (QED) is 0.867. The van der Waals surface area contributed by atoms with Gasteiger partial charge >= 0.3 is 0 Å². The van der Waals surface area contributed by atoms with E-state index < -0.39 is 5.60 Å². The van der Waals surface area contributed by atoms with Gasteiger partial charge in [-0.15, -0.1) is 0 Å². The number of carbonyl (C=O) groups is 1. The molecule has 126 valence electrons. The van der Waals surface area contributed by atoms with E-state index in [0.29, 0.717) is 11.8 Å². The molecule has 4 nitrogen and oxygen atoms in total. The van der Waals surface area contributed by atoms with Gasteiger partial charge in [0.1, 0.15) is 6.04 Å². The Morgan fingerprint density at radius 2 is 2.00 bits per heavy atom. The van der Waals surface area contributed by atoms with Crippen LogP contribution in [0.2, 0.25) is 0 Å². The minimum Gasteiger partial charge on any atom is -0.390 e. The molecule has 5 fully saturated rings. The second-order valence-corrected chi connectivity index (χ2v) is 8.91. The maximum absolute atomic E-state index is 12.4. The summed E-state index contributed by atoms with van der Waals surface area (Å²) >= 11 is 0. The van der Waals surface area contributed by atoms with Crippen LogP contribution in [-0.2, 0) is 4.79 Å². The first kappa shape index (κ1) is 15.4. The Hall–Kier alpha value is -1.08. The molecule has 23 heavy (non-hydrogen) atoms. The van der Waals surface area contributed by atoms with Crippen molar-refractivity contribution in [3.05, 3.63) is 0 Å². The highest BCUT2D eigenvalue weighted by molar-refractivity contribution is 5.77. The van der Waals surface area contributed by atoms with Gasteiger partial charge in [-0.25, -0.2) is 0 Å². The molecule has 5 rings (SSSR count). The van der Waals surface area contributed by atoms with Crippen molar-refractivity contribution in [2.75, 3.05) is 6.54 Å². The second-order valence-electron chi connectivity index (χ2n) is 8.91. The van der Waals surface area contributed by atoms with E-state index in [1.54, 1.807) is 4.90 Å². The van der Waals surface area contributed by atoms with E-state index in [1.165, 1.54) is 19.3 Å². The molecule has 0 aromatic rings. The first-order chi connectivity index (χ1) is 11.0. The fraction of sp³-hybridized carbons (Fsp3) is 0.895. The summed E-state index contributed by atoms with van der Waals surface area (Å²) < 4.78 is 0. The molecule has 5 aliphatic rings. The van der Waals surface area contributed by atoms with Crippen molar-refractivity contribution in [1.82, 2.24) is 4.90 Å². The van der Waals surface area contributed by atoms with Gasteiger partial charge in [-0.2, -0.15) is 5.26 Å². The first-order valence-electron chi connectivity index (χ1n) is 9.42. The number of hydrogen-bond acceptors (Lipinski definition) is 3.